The monoisotopic (exact) mass is 512 g/mol. The molecular weight excluding hydrogens is 487 g/mol. The highest BCUT2D eigenvalue weighted by Crippen LogP contribution is 2.42. The van der Waals surface area contributed by atoms with Crippen molar-refractivity contribution < 1.29 is 9.47 Å². The van der Waals surface area contributed by atoms with Gasteiger partial charge in [0.15, 0.2) is 0 Å². The van der Waals surface area contributed by atoms with Gasteiger partial charge in [-0.3, -0.25) is 0 Å². The predicted octanol–water partition coefficient (Wildman–Crippen LogP) is 7.72. The molecule has 0 saturated heterocycles. The largest absolute Gasteiger partial charge is 0.458 e. The van der Waals surface area contributed by atoms with Crippen LogP contribution >= 0.6 is 0 Å². The fourth-order valence-electron chi connectivity index (χ4n) is 6.20. The van der Waals surface area contributed by atoms with Crippen LogP contribution in [0.25, 0.3) is 33.4 Å². The van der Waals surface area contributed by atoms with Crippen LogP contribution in [0.2, 0.25) is 0 Å². The molecule has 0 fully saturated rings. The second-order valence-corrected chi connectivity index (χ2v) is 10.5. The van der Waals surface area contributed by atoms with Crippen LogP contribution in [0.4, 0.5) is 0 Å². The molecular formula is C37H25BO2. The number of rotatable bonds is 3. The van der Waals surface area contributed by atoms with Gasteiger partial charge in [-0.25, -0.2) is 0 Å². The average Bonchev–Trinajstić information content (AvgIpc) is 3.01. The molecule has 0 spiro atoms. The number of aryl methyl sites for hydroxylation is 1. The summed E-state index contributed by atoms with van der Waals surface area (Å²) in [5.74, 6) is 3.52. The minimum absolute atomic E-state index is 0.0110. The van der Waals surface area contributed by atoms with Crippen molar-refractivity contribution in [1.29, 1.82) is 0 Å². The molecule has 2 aliphatic rings. The van der Waals surface area contributed by atoms with E-state index in [1.165, 1.54) is 16.7 Å². The lowest BCUT2D eigenvalue weighted by Crippen LogP contribution is -2.57. The second-order valence-electron chi connectivity index (χ2n) is 10.5. The van der Waals surface area contributed by atoms with E-state index in [1.807, 2.05) is 12.1 Å². The first kappa shape index (κ1) is 22.9. The van der Waals surface area contributed by atoms with E-state index in [9.17, 15) is 0 Å². The Kier molecular flexibility index (Phi) is 5.18. The molecule has 6 aromatic rings. The minimum atomic E-state index is 0.0110. The summed E-state index contributed by atoms with van der Waals surface area (Å²) in [6.07, 6.45) is 0. The Labute approximate surface area is 234 Å². The Bertz CT molecular complexity index is 1910. The molecule has 2 aliphatic heterocycles. The highest BCUT2D eigenvalue weighted by Gasteiger charge is 2.41. The zero-order valence-corrected chi connectivity index (χ0v) is 22.1. The highest BCUT2D eigenvalue weighted by molar-refractivity contribution is 6.98. The third-order valence-electron chi connectivity index (χ3n) is 8.17. The highest BCUT2D eigenvalue weighted by atomic mass is 16.5. The molecule has 0 unspecified atom stereocenters. The van der Waals surface area contributed by atoms with Crippen molar-refractivity contribution in [2.45, 2.75) is 6.92 Å². The van der Waals surface area contributed by atoms with E-state index in [0.29, 0.717) is 0 Å². The molecule has 0 aromatic heterocycles. The standard InChI is InChI=1S/C37H25BO2/c1-24-10-8-9-15-29(24)28-17-20-31-34(23-28)39-33-21-18-30(26-13-6-3-7-14-26)37-36(33)38(31)32-19-16-27(22-35(32)40-37)25-11-4-2-5-12-25/h2-23H,1H3. The van der Waals surface area contributed by atoms with Gasteiger partial charge in [0.1, 0.15) is 23.0 Å². The Hall–Kier alpha value is -5.02. The van der Waals surface area contributed by atoms with Gasteiger partial charge >= 0.3 is 0 Å². The summed E-state index contributed by atoms with van der Waals surface area (Å²) in [4.78, 5) is 0. The smallest absolute Gasteiger partial charge is 0.260 e. The average molecular weight is 512 g/mol. The summed E-state index contributed by atoms with van der Waals surface area (Å²) < 4.78 is 13.5. The van der Waals surface area contributed by atoms with Gasteiger partial charge in [-0.15, -0.1) is 0 Å². The number of hydrogen-bond donors (Lipinski definition) is 0. The molecule has 6 aromatic carbocycles. The summed E-state index contributed by atoms with van der Waals surface area (Å²) in [5, 5.41) is 0. The van der Waals surface area contributed by atoms with Crippen LogP contribution in [-0.2, 0) is 0 Å². The van der Waals surface area contributed by atoms with E-state index < -0.39 is 0 Å². The van der Waals surface area contributed by atoms with E-state index in [1.54, 1.807) is 0 Å². The van der Waals surface area contributed by atoms with E-state index >= 15 is 0 Å². The fraction of sp³-hybridized carbons (Fsp3) is 0.0270. The lowest BCUT2D eigenvalue weighted by atomic mass is 9.34. The normalized spacial score (nSPS) is 12.5. The van der Waals surface area contributed by atoms with Crippen molar-refractivity contribution in [3.63, 3.8) is 0 Å². The zero-order valence-electron chi connectivity index (χ0n) is 22.1. The maximum absolute atomic E-state index is 6.82. The van der Waals surface area contributed by atoms with Crippen molar-refractivity contribution in [3.8, 4) is 56.4 Å². The maximum atomic E-state index is 6.82. The Morgan fingerprint density at radius 1 is 0.450 bits per heavy atom. The third kappa shape index (κ3) is 3.59. The maximum Gasteiger partial charge on any atom is 0.260 e. The van der Waals surface area contributed by atoms with Crippen LogP contribution in [-0.4, -0.2) is 6.71 Å². The lowest BCUT2D eigenvalue weighted by molar-refractivity contribution is 0.466. The van der Waals surface area contributed by atoms with Gasteiger partial charge in [0.2, 0.25) is 0 Å². The molecule has 188 valence electrons. The molecule has 0 atom stereocenters. The van der Waals surface area contributed by atoms with Gasteiger partial charge in [0.05, 0.1) is 0 Å². The number of benzene rings is 6. The molecule has 0 bridgehead atoms. The molecule has 8 rings (SSSR count). The van der Waals surface area contributed by atoms with Crippen molar-refractivity contribution in [1.82, 2.24) is 0 Å². The molecule has 0 amide bonds. The van der Waals surface area contributed by atoms with Crippen LogP contribution in [0.3, 0.4) is 0 Å². The molecule has 2 heterocycles. The fourth-order valence-corrected chi connectivity index (χ4v) is 6.20. The molecule has 0 N–H and O–H groups in total. The third-order valence-corrected chi connectivity index (χ3v) is 8.17. The van der Waals surface area contributed by atoms with E-state index in [-0.39, 0.29) is 6.71 Å². The SMILES string of the molecule is Cc1ccccc1-c1ccc2c(c1)Oc1ccc(-c3ccccc3)c3c1B2c1ccc(-c2ccccc2)cc1O3. The van der Waals surface area contributed by atoms with Crippen LogP contribution in [0.15, 0.2) is 133 Å². The summed E-state index contributed by atoms with van der Waals surface area (Å²) in [5.41, 5.74) is 11.6. The molecule has 0 aliphatic carbocycles. The first-order valence-corrected chi connectivity index (χ1v) is 13.7. The minimum Gasteiger partial charge on any atom is -0.458 e. The lowest BCUT2D eigenvalue weighted by Gasteiger charge is -2.34. The van der Waals surface area contributed by atoms with E-state index in [4.69, 9.17) is 9.47 Å². The van der Waals surface area contributed by atoms with E-state index in [2.05, 4.69) is 128 Å². The molecule has 40 heavy (non-hydrogen) atoms. The number of ether oxygens (including phenoxy) is 2. The van der Waals surface area contributed by atoms with Crippen LogP contribution < -0.4 is 25.9 Å². The van der Waals surface area contributed by atoms with Crippen molar-refractivity contribution >= 4 is 23.1 Å². The van der Waals surface area contributed by atoms with E-state index in [0.717, 1.165) is 61.6 Å². The summed E-state index contributed by atoms with van der Waals surface area (Å²) >= 11 is 0. The molecule has 3 heteroatoms. The van der Waals surface area contributed by atoms with Gasteiger partial charge < -0.3 is 9.47 Å². The van der Waals surface area contributed by atoms with Crippen molar-refractivity contribution in [2.75, 3.05) is 0 Å². The second kappa shape index (κ2) is 9.03. The van der Waals surface area contributed by atoms with Crippen LogP contribution in [0.1, 0.15) is 5.56 Å². The topological polar surface area (TPSA) is 18.5 Å². The van der Waals surface area contributed by atoms with Gasteiger partial charge in [-0.05, 0) is 75.5 Å². The Morgan fingerprint density at radius 3 is 1.82 bits per heavy atom. The molecule has 2 nitrogen and oxygen atoms in total. The Balaban J connectivity index is 1.35. The first-order valence-electron chi connectivity index (χ1n) is 13.7. The summed E-state index contributed by atoms with van der Waals surface area (Å²) in [6, 6.07) is 47.0. The number of fused-ring (bicyclic) bond motifs is 4. The van der Waals surface area contributed by atoms with Gasteiger partial charge in [-0.1, -0.05) is 109 Å². The van der Waals surface area contributed by atoms with Crippen molar-refractivity contribution in [2.24, 2.45) is 0 Å². The summed E-state index contributed by atoms with van der Waals surface area (Å²) in [6.45, 7) is 2.17. The zero-order chi connectivity index (χ0) is 26.6. The van der Waals surface area contributed by atoms with Gasteiger partial charge in [0, 0.05) is 11.0 Å². The van der Waals surface area contributed by atoms with Gasteiger partial charge in [0.25, 0.3) is 6.71 Å². The quantitative estimate of drug-likeness (QED) is 0.226. The van der Waals surface area contributed by atoms with Gasteiger partial charge in [-0.2, -0.15) is 0 Å². The van der Waals surface area contributed by atoms with Crippen LogP contribution in [0.5, 0.6) is 23.0 Å². The predicted molar refractivity (Wildman–Crippen MR) is 165 cm³/mol. The number of hydrogen-bond acceptors (Lipinski definition) is 2. The van der Waals surface area contributed by atoms with Crippen molar-refractivity contribution in [3.05, 3.63) is 139 Å². The molecule has 0 radical (unpaired) electrons. The molecule has 0 saturated carbocycles. The van der Waals surface area contributed by atoms with Crippen LogP contribution in [0, 0.1) is 6.92 Å². The Morgan fingerprint density at radius 2 is 1.07 bits per heavy atom. The summed E-state index contributed by atoms with van der Waals surface area (Å²) in [7, 11) is 0. The first-order chi connectivity index (χ1) is 19.7.